The van der Waals surface area contributed by atoms with E-state index in [-0.39, 0.29) is 11.5 Å². The van der Waals surface area contributed by atoms with E-state index in [4.69, 9.17) is 11.6 Å². The Balaban J connectivity index is 3.20. The fourth-order valence-corrected chi connectivity index (χ4v) is 2.46. The third-order valence-corrected chi connectivity index (χ3v) is 3.46. The molecule has 1 rings (SSSR count). The van der Waals surface area contributed by atoms with Gasteiger partial charge >= 0.3 is 0 Å². The van der Waals surface area contributed by atoms with Gasteiger partial charge in [0, 0.05) is 5.02 Å². The average molecular weight is 235 g/mol. The summed E-state index contributed by atoms with van der Waals surface area (Å²) in [5.41, 5.74) is 0.589. The molecule has 1 aromatic carbocycles. The highest BCUT2D eigenvalue weighted by Gasteiger charge is 2.16. The quantitative estimate of drug-likeness (QED) is 0.755. The molecule has 0 N–H and O–H groups in total. The van der Waals surface area contributed by atoms with E-state index in [1.165, 1.54) is 12.1 Å². The molecule has 0 spiro atoms. The van der Waals surface area contributed by atoms with E-state index in [9.17, 15) is 8.42 Å². The SMILES string of the molecule is CCOS(=O)(=O)c1ccc(Cl)cc1C. The van der Waals surface area contributed by atoms with Crippen LogP contribution >= 0.6 is 11.6 Å². The van der Waals surface area contributed by atoms with E-state index >= 15 is 0 Å². The second-order valence-corrected chi connectivity index (χ2v) is 4.79. The number of aryl methyl sites for hydroxylation is 1. The van der Waals surface area contributed by atoms with Crippen molar-refractivity contribution < 1.29 is 12.6 Å². The Labute approximate surface area is 88.8 Å². The Hall–Kier alpha value is -0.580. The average Bonchev–Trinajstić information content (AvgIpc) is 2.02. The molecule has 0 aliphatic heterocycles. The van der Waals surface area contributed by atoms with Gasteiger partial charge in [-0.1, -0.05) is 11.6 Å². The number of benzene rings is 1. The fraction of sp³-hybridized carbons (Fsp3) is 0.333. The molecule has 0 bridgehead atoms. The summed E-state index contributed by atoms with van der Waals surface area (Å²) in [5.74, 6) is 0. The molecule has 0 saturated heterocycles. The Bertz CT molecular complexity index is 426. The number of rotatable bonds is 3. The first-order valence-electron chi connectivity index (χ1n) is 4.13. The zero-order valence-corrected chi connectivity index (χ0v) is 9.52. The molecule has 1 aromatic rings. The van der Waals surface area contributed by atoms with Gasteiger partial charge in [-0.25, -0.2) is 0 Å². The lowest BCUT2D eigenvalue weighted by Gasteiger charge is -2.06. The summed E-state index contributed by atoms with van der Waals surface area (Å²) in [7, 11) is -3.62. The molecule has 0 saturated carbocycles. The zero-order valence-electron chi connectivity index (χ0n) is 7.95. The van der Waals surface area contributed by atoms with Crippen molar-refractivity contribution in [2.24, 2.45) is 0 Å². The second-order valence-electron chi connectivity index (χ2n) is 2.77. The van der Waals surface area contributed by atoms with Gasteiger partial charge in [0.15, 0.2) is 0 Å². The lowest BCUT2D eigenvalue weighted by molar-refractivity contribution is 0.338. The number of hydrogen-bond donors (Lipinski definition) is 0. The third kappa shape index (κ3) is 2.47. The molecule has 0 unspecified atom stereocenters. The Morgan fingerprint density at radius 3 is 2.57 bits per heavy atom. The fourth-order valence-electron chi connectivity index (χ4n) is 1.11. The van der Waals surface area contributed by atoms with Crippen molar-refractivity contribution in [2.75, 3.05) is 6.61 Å². The Kier molecular flexibility index (Phi) is 3.53. The largest absolute Gasteiger partial charge is 0.297 e. The van der Waals surface area contributed by atoms with Crippen LogP contribution in [-0.4, -0.2) is 15.0 Å². The van der Waals surface area contributed by atoms with Crippen molar-refractivity contribution in [3.05, 3.63) is 28.8 Å². The summed E-state index contributed by atoms with van der Waals surface area (Å²) in [6.07, 6.45) is 0. The first-order valence-corrected chi connectivity index (χ1v) is 5.91. The van der Waals surface area contributed by atoms with E-state index < -0.39 is 10.1 Å². The van der Waals surface area contributed by atoms with Gasteiger partial charge < -0.3 is 0 Å². The van der Waals surface area contributed by atoms with Crippen LogP contribution in [0.1, 0.15) is 12.5 Å². The molecular formula is C9H11ClO3S. The standard InChI is InChI=1S/C9H11ClO3S/c1-3-13-14(11,12)9-5-4-8(10)6-7(9)2/h4-6H,3H2,1-2H3. The molecule has 0 fully saturated rings. The summed E-state index contributed by atoms with van der Waals surface area (Å²) >= 11 is 5.71. The Morgan fingerprint density at radius 1 is 1.43 bits per heavy atom. The van der Waals surface area contributed by atoms with Crippen LogP contribution in [0.5, 0.6) is 0 Å². The molecule has 5 heteroatoms. The lowest BCUT2D eigenvalue weighted by Crippen LogP contribution is -2.07. The van der Waals surface area contributed by atoms with Gasteiger partial charge in [0.1, 0.15) is 0 Å². The van der Waals surface area contributed by atoms with Gasteiger partial charge in [0.2, 0.25) is 0 Å². The zero-order chi connectivity index (χ0) is 10.8. The molecule has 0 aliphatic rings. The maximum atomic E-state index is 11.5. The van der Waals surface area contributed by atoms with Crippen molar-refractivity contribution in [1.82, 2.24) is 0 Å². The summed E-state index contributed by atoms with van der Waals surface area (Å²) in [5, 5.41) is 0.512. The smallest absolute Gasteiger partial charge is 0.267 e. The van der Waals surface area contributed by atoms with Gasteiger partial charge in [-0.05, 0) is 37.6 Å². The molecule has 14 heavy (non-hydrogen) atoms. The van der Waals surface area contributed by atoms with Crippen LogP contribution in [-0.2, 0) is 14.3 Å². The molecular weight excluding hydrogens is 224 g/mol. The maximum absolute atomic E-state index is 11.5. The van der Waals surface area contributed by atoms with Gasteiger partial charge in [-0.3, -0.25) is 4.18 Å². The van der Waals surface area contributed by atoms with Crippen LogP contribution in [0.4, 0.5) is 0 Å². The predicted molar refractivity (Wildman–Crippen MR) is 55.0 cm³/mol. The summed E-state index contributed by atoms with van der Waals surface area (Å²) < 4.78 is 27.7. The van der Waals surface area contributed by atoms with Crippen molar-refractivity contribution >= 4 is 21.7 Å². The minimum Gasteiger partial charge on any atom is -0.267 e. The van der Waals surface area contributed by atoms with Crippen molar-refractivity contribution in [1.29, 1.82) is 0 Å². The molecule has 0 aromatic heterocycles. The molecule has 78 valence electrons. The van der Waals surface area contributed by atoms with E-state index in [2.05, 4.69) is 4.18 Å². The number of hydrogen-bond acceptors (Lipinski definition) is 3. The molecule has 0 radical (unpaired) electrons. The van der Waals surface area contributed by atoms with Gasteiger partial charge in [-0.2, -0.15) is 8.42 Å². The summed E-state index contributed by atoms with van der Waals surface area (Å²) in [6, 6.07) is 4.57. The number of halogens is 1. The molecule has 0 aliphatic carbocycles. The van der Waals surface area contributed by atoms with Crippen LogP contribution in [0.2, 0.25) is 5.02 Å². The van der Waals surface area contributed by atoms with Crippen molar-refractivity contribution in [2.45, 2.75) is 18.7 Å². The van der Waals surface area contributed by atoms with Crippen molar-refractivity contribution in [3.63, 3.8) is 0 Å². The highest BCUT2D eigenvalue weighted by atomic mass is 35.5. The van der Waals surface area contributed by atoms with E-state index in [0.717, 1.165) is 0 Å². The third-order valence-electron chi connectivity index (χ3n) is 1.68. The summed E-state index contributed by atoms with van der Waals surface area (Å²) in [4.78, 5) is 0.170. The molecule has 0 atom stereocenters. The van der Waals surface area contributed by atoms with Crippen molar-refractivity contribution in [3.8, 4) is 0 Å². The molecule has 3 nitrogen and oxygen atoms in total. The lowest BCUT2D eigenvalue weighted by atomic mass is 10.2. The van der Waals surface area contributed by atoms with Crippen LogP contribution in [0.15, 0.2) is 23.1 Å². The second kappa shape index (κ2) is 4.29. The van der Waals surface area contributed by atoms with Crippen LogP contribution in [0.3, 0.4) is 0 Å². The van der Waals surface area contributed by atoms with E-state index in [1.807, 2.05) is 0 Å². The van der Waals surface area contributed by atoms with E-state index in [1.54, 1.807) is 19.9 Å². The maximum Gasteiger partial charge on any atom is 0.297 e. The van der Waals surface area contributed by atoms with Crippen LogP contribution < -0.4 is 0 Å². The first-order chi connectivity index (χ1) is 6.47. The highest BCUT2D eigenvalue weighted by Crippen LogP contribution is 2.21. The van der Waals surface area contributed by atoms with Gasteiger partial charge in [0.25, 0.3) is 10.1 Å². The topological polar surface area (TPSA) is 43.4 Å². The van der Waals surface area contributed by atoms with Crippen LogP contribution in [0, 0.1) is 6.92 Å². The normalized spacial score (nSPS) is 11.6. The minimum atomic E-state index is -3.62. The van der Waals surface area contributed by atoms with Crippen LogP contribution in [0.25, 0.3) is 0 Å². The highest BCUT2D eigenvalue weighted by molar-refractivity contribution is 7.86. The first kappa shape index (κ1) is 11.5. The van der Waals surface area contributed by atoms with Gasteiger partial charge in [-0.15, -0.1) is 0 Å². The Morgan fingerprint density at radius 2 is 2.07 bits per heavy atom. The van der Waals surface area contributed by atoms with Gasteiger partial charge in [0.05, 0.1) is 11.5 Å². The summed E-state index contributed by atoms with van der Waals surface area (Å²) in [6.45, 7) is 3.44. The molecule has 0 heterocycles. The minimum absolute atomic E-state index is 0.129. The monoisotopic (exact) mass is 234 g/mol. The predicted octanol–water partition coefficient (Wildman–Crippen LogP) is 2.37. The van der Waals surface area contributed by atoms with E-state index in [0.29, 0.717) is 10.6 Å². The molecule has 0 amide bonds.